The molecule has 1 aliphatic rings. The third-order valence-electron chi connectivity index (χ3n) is 4.07. The molecule has 1 saturated carbocycles. The van der Waals surface area contributed by atoms with Gasteiger partial charge in [-0.25, -0.2) is 4.39 Å². The summed E-state index contributed by atoms with van der Waals surface area (Å²) in [6, 6.07) is 9.98. The molecule has 0 atom stereocenters. The highest BCUT2D eigenvalue weighted by Crippen LogP contribution is 2.36. The highest BCUT2D eigenvalue weighted by molar-refractivity contribution is 7.80. The van der Waals surface area contributed by atoms with Crippen molar-refractivity contribution in [2.45, 2.75) is 31.6 Å². The third kappa shape index (κ3) is 4.45. The summed E-state index contributed by atoms with van der Waals surface area (Å²) >= 11 is 11.1. The average Bonchev–Trinajstić information content (AvgIpc) is 3.37. The highest BCUT2D eigenvalue weighted by Gasteiger charge is 2.34. The summed E-state index contributed by atoms with van der Waals surface area (Å²) in [5, 5.41) is 2.83. The van der Waals surface area contributed by atoms with Crippen LogP contribution in [-0.2, 0) is 12.7 Å². The van der Waals surface area contributed by atoms with Crippen LogP contribution in [0.4, 0.5) is 23.2 Å². The van der Waals surface area contributed by atoms with E-state index in [0.717, 1.165) is 18.9 Å². The lowest BCUT2D eigenvalue weighted by molar-refractivity contribution is -0.137. The van der Waals surface area contributed by atoms with Gasteiger partial charge in [-0.3, -0.25) is 0 Å². The van der Waals surface area contributed by atoms with E-state index in [0.29, 0.717) is 16.4 Å². The molecule has 8 heteroatoms. The number of hydrogen-bond donors (Lipinski definition) is 1. The molecule has 2 nitrogen and oxygen atoms in total. The van der Waals surface area contributed by atoms with Crippen LogP contribution < -0.4 is 5.32 Å². The summed E-state index contributed by atoms with van der Waals surface area (Å²) < 4.78 is 52.3. The lowest BCUT2D eigenvalue weighted by Gasteiger charge is -2.26. The molecule has 1 fully saturated rings. The van der Waals surface area contributed by atoms with Gasteiger partial charge in [-0.15, -0.1) is 0 Å². The van der Waals surface area contributed by atoms with Crippen molar-refractivity contribution in [3.63, 3.8) is 0 Å². The Morgan fingerprint density at radius 1 is 1.19 bits per heavy atom. The van der Waals surface area contributed by atoms with Gasteiger partial charge < -0.3 is 10.2 Å². The van der Waals surface area contributed by atoms with Crippen molar-refractivity contribution >= 4 is 34.6 Å². The Morgan fingerprint density at radius 3 is 2.46 bits per heavy atom. The number of halogens is 5. The van der Waals surface area contributed by atoms with E-state index in [1.165, 1.54) is 18.2 Å². The maximum atomic E-state index is 13.9. The van der Waals surface area contributed by atoms with E-state index in [4.69, 9.17) is 23.8 Å². The maximum absolute atomic E-state index is 13.9. The Hall–Kier alpha value is -1.86. The maximum Gasteiger partial charge on any atom is 0.417 e. The Balaban J connectivity index is 1.75. The van der Waals surface area contributed by atoms with Gasteiger partial charge in [0, 0.05) is 23.8 Å². The minimum atomic E-state index is -4.51. The molecular weight excluding hydrogens is 388 g/mol. The molecule has 1 N–H and O–H groups in total. The van der Waals surface area contributed by atoms with E-state index >= 15 is 0 Å². The van der Waals surface area contributed by atoms with Gasteiger partial charge in [0.05, 0.1) is 10.6 Å². The van der Waals surface area contributed by atoms with Gasteiger partial charge in [0.25, 0.3) is 0 Å². The van der Waals surface area contributed by atoms with Crippen molar-refractivity contribution in [3.8, 4) is 0 Å². The Kier molecular flexibility index (Phi) is 5.39. The monoisotopic (exact) mass is 402 g/mol. The lowest BCUT2D eigenvalue weighted by Crippen LogP contribution is -2.36. The molecule has 138 valence electrons. The molecule has 0 heterocycles. The van der Waals surface area contributed by atoms with E-state index in [1.807, 2.05) is 4.90 Å². The molecule has 0 bridgehead atoms. The SMILES string of the molecule is Fc1ccccc1CN(C(=S)Nc1ccc(C(F)(F)F)c(Cl)c1)C1CC1. The lowest BCUT2D eigenvalue weighted by atomic mass is 10.2. The summed E-state index contributed by atoms with van der Waals surface area (Å²) in [4.78, 5) is 1.85. The molecule has 2 aromatic carbocycles. The molecule has 0 unspecified atom stereocenters. The van der Waals surface area contributed by atoms with Crippen molar-refractivity contribution in [1.29, 1.82) is 0 Å². The van der Waals surface area contributed by atoms with Gasteiger partial charge in [0.2, 0.25) is 0 Å². The molecule has 0 radical (unpaired) electrons. The smallest absolute Gasteiger partial charge is 0.342 e. The minimum absolute atomic E-state index is 0.194. The standard InChI is InChI=1S/C18H15ClF4N2S/c19-15-9-12(5-8-14(15)18(21,22)23)24-17(26)25(13-6-7-13)10-11-3-1-2-4-16(11)20/h1-5,8-9,13H,6-7,10H2,(H,24,26). The number of hydrogen-bond acceptors (Lipinski definition) is 1. The van der Waals surface area contributed by atoms with Crippen LogP contribution >= 0.6 is 23.8 Å². The minimum Gasteiger partial charge on any atom is -0.342 e. The average molecular weight is 403 g/mol. The van der Waals surface area contributed by atoms with Crippen molar-refractivity contribution in [1.82, 2.24) is 4.90 Å². The van der Waals surface area contributed by atoms with Crippen LogP contribution in [0.3, 0.4) is 0 Å². The van der Waals surface area contributed by atoms with E-state index < -0.39 is 16.8 Å². The van der Waals surface area contributed by atoms with Crippen LogP contribution in [0, 0.1) is 5.82 Å². The van der Waals surface area contributed by atoms with Crippen LogP contribution in [0.1, 0.15) is 24.0 Å². The first-order valence-corrected chi connectivity index (χ1v) is 8.72. The number of benzene rings is 2. The first kappa shape index (κ1) is 18.9. The molecule has 26 heavy (non-hydrogen) atoms. The van der Waals surface area contributed by atoms with Gasteiger partial charge in [-0.05, 0) is 49.3 Å². The molecule has 1 aliphatic carbocycles. The number of nitrogens with zero attached hydrogens (tertiary/aromatic N) is 1. The molecule has 0 amide bonds. The summed E-state index contributed by atoms with van der Waals surface area (Å²) in [5.41, 5.74) is -0.0396. The number of rotatable bonds is 4. The summed E-state index contributed by atoms with van der Waals surface area (Å²) in [7, 11) is 0. The fraction of sp³-hybridized carbons (Fsp3) is 0.278. The number of thiocarbonyl (C=S) groups is 1. The first-order valence-electron chi connectivity index (χ1n) is 7.93. The second-order valence-electron chi connectivity index (χ2n) is 6.07. The zero-order chi connectivity index (χ0) is 18.9. The van der Waals surface area contributed by atoms with Crippen molar-refractivity contribution in [2.24, 2.45) is 0 Å². The van der Waals surface area contributed by atoms with E-state index in [9.17, 15) is 17.6 Å². The van der Waals surface area contributed by atoms with Crippen molar-refractivity contribution in [2.75, 3.05) is 5.32 Å². The Labute approximate surface area is 158 Å². The summed E-state index contributed by atoms with van der Waals surface area (Å²) in [6.07, 6.45) is -2.64. The number of nitrogens with one attached hydrogen (secondary N) is 1. The summed E-state index contributed by atoms with van der Waals surface area (Å²) in [6.45, 7) is 0.289. The molecule has 0 saturated heterocycles. The predicted molar refractivity (Wildman–Crippen MR) is 97.6 cm³/mol. The van der Waals surface area contributed by atoms with Crippen molar-refractivity contribution in [3.05, 3.63) is 64.4 Å². The Bertz CT molecular complexity index is 821. The van der Waals surface area contributed by atoms with Gasteiger partial charge in [-0.2, -0.15) is 13.2 Å². The van der Waals surface area contributed by atoms with Crippen LogP contribution in [0.25, 0.3) is 0 Å². The Morgan fingerprint density at radius 2 is 1.88 bits per heavy atom. The van der Waals surface area contributed by atoms with Crippen LogP contribution in [-0.4, -0.2) is 16.1 Å². The van der Waals surface area contributed by atoms with Gasteiger partial charge in [-0.1, -0.05) is 29.8 Å². The zero-order valence-electron chi connectivity index (χ0n) is 13.5. The van der Waals surface area contributed by atoms with E-state index in [-0.39, 0.29) is 18.4 Å². The van der Waals surface area contributed by atoms with E-state index in [1.54, 1.807) is 18.2 Å². The van der Waals surface area contributed by atoms with Crippen LogP contribution in [0.15, 0.2) is 42.5 Å². The molecule has 0 spiro atoms. The second kappa shape index (κ2) is 7.40. The largest absolute Gasteiger partial charge is 0.417 e. The van der Waals surface area contributed by atoms with Gasteiger partial charge >= 0.3 is 6.18 Å². The normalized spacial score (nSPS) is 14.2. The summed E-state index contributed by atoms with van der Waals surface area (Å²) in [5.74, 6) is -0.321. The molecule has 3 rings (SSSR count). The zero-order valence-corrected chi connectivity index (χ0v) is 15.1. The van der Waals surface area contributed by atoms with Crippen LogP contribution in [0.5, 0.6) is 0 Å². The number of alkyl halides is 3. The highest BCUT2D eigenvalue weighted by atomic mass is 35.5. The molecular formula is C18H15ClF4N2S. The fourth-order valence-electron chi connectivity index (χ4n) is 2.58. The quantitative estimate of drug-likeness (QED) is 0.509. The van der Waals surface area contributed by atoms with Crippen molar-refractivity contribution < 1.29 is 17.6 Å². The van der Waals surface area contributed by atoms with Crippen LogP contribution in [0.2, 0.25) is 5.02 Å². The number of anilines is 1. The predicted octanol–water partition coefficient (Wildman–Crippen LogP) is 5.86. The first-order chi connectivity index (χ1) is 12.3. The molecule has 0 aliphatic heterocycles. The second-order valence-corrected chi connectivity index (χ2v) is 6.87. The molecule has 2 aromatic rings. The fourth-order valence-corrected chi connectivity index (χ4v) is 3.20. The van der Waals surface area contributed by atoms with Gasteiger partial charge in [0.15, 0.2) is 5.11 Å². The van der Waals surface area contributed by atoms with Gasteiger partial charge in [0.1, 0.15) is 5.82 Å². The van der Waals surface area contributed by atoms with E-state index in [2.05, 4.69) is 5.32 Å². The topological polar surface area (TPSA) is 15.3 Å². The third-order valence-corrected chi connectivity index (χ3v) is 4.72. The molecule has 0 aromatic heterocycles.